The van der Waals surface area contributed by atoms with Crippen LogP contribution in [-0.2, 0) is 16.0 Å². The molecule has 0 saturated carbocycles. The first-order valence-electron chi connectivity index (χ1n) is 7.45. The van der Waals surface area contributed by atoms with Crippen LogP contribution in [0.3, 0.4) is 0 Å². The van der Waals surface area contributed by atoms with E-state index in [1.807, 2.05) is 18.2 Å². The van der Waals surface area contributed by atoms with E-state index in [0.717, 1.165) is 17.1 Å². The molecule has 0 spiro atoms. The fraction of sp³-hybridized carbons (Fsp3) is 0.562. The molecule has 1 aromatic carbocycles. The molecule has 1 saturated heterocycles. The summed E-state index contributed by atoms with van der Waals surface area (Å²) in [6.45, 7) is 1.59. The third-order valence-corrected chi connectivity index (χ3v) is 4.01. The van der Waals surface area contributed by atoms with Gasteiger partial charge in [0.15, 0.2) is 0 Å². The third kappa shape index (κ3) is 4.99. The van der Waals surface area contributed by atoms with Crippen molar-refractivity contribution >= 4 is 18.3 Å². The van der Waals surface area contributed by atoms with Crippen LogP contribution >= 0.6 is 12.4 Å². The fourth-order valence-corrected chi connectivity index (χ4v) is 2.51. The van der Waals surface area contributed by atoms with Crippen molar-refractivity contribution in [1.82, 2.24) is 5.32 Å². The second-order valence-electron chi connectivity index (χ2n) is 5.45. The van der Waals surface area contributed by atoms with E-state index in [2.05, 4.69) is 5.32 Å². The molecule has 1 aromatic rings. The van der Waals surface area contributed by atoms with E-state index < -0.39 is 5.54 Å². The van der Waals surface area contributed by atoms with Gasteiger partial charge in [0.2, 0.25) is 5.91 Å². The lowest BCUT2D eigenvalue weighted by molar-refractivity contribution is -0.129. The van der Waals surface area contributed by atoms with Crippen molar-refractivity contribution < 1.29 is 19.0 Å². The molecule has 1 heterocycles. The van der Waals surface area contributed by atoms with Crippen molar-refractivity contribution in [2.45, 2.75) is 24.8 Å². The van der Waals surface area contributed by atoms with Gasteiger partial charge in [-0.3, -0.25) is 4.79 Å². The molecule has 0 radical (unpaired) electrons. The Morgan fingerprint density at radius 3 is 2.61 bits per heavy atom. The normalized spacial score (nSPS) is 16.1. The summed E-state index contributed by atoms with van der Waals surface area (Å²) in [5.74, 6) is 1.39. The Bertz CT molecular complexity index is 519. The molecular weight excluding hydrogens is 320 g/mol. The molecule has 0 aromatic heterocycles. The van der Waals surface area contributed by atoms with E-state index in [9.17, 15) is 4.79 Å². The van der Waals surface area contributed by atoms with Gasteiger partial charge in [-0.2, -0.15) is 0 Å². The number of carbonyl (C=O) groups is 1. The van der Waals surface area contributed by atoms with Crippen molar-refractivity contribution in [2.75, 3.05) is 34.0 Å². The Labute approximate surface area is 143 Å². The molecular formula is C16H25ClN2O4. The molecule has 0 bridgehead atoms. The lowest BCUT2D eigenvalue weighted by Crippen LogP contribution is -2.57. The smallest absolute Gasteiger partial charge is 0.240 e. The lowest BCUT2D eigenvalue weighted by Gasteiger charge is -2.31. The first kappa shape index (κ1) is 19.5. The van der Waals surface area contributed by atoms with Crippen LogP contribution in [-0.4, -0.2) is 45.4 Å². The number of carbonyl (C=O) groups excluding carboxylic acids is 1. The number of benzene rings is 1. The average molecular weight is 345 g/mol. The highest BCUT2D eigenvalue weighted by Gasteiger charge is 2.35. The number of hydrogen-bond acceptors (Lipinski definition) is 5. The number of nitrogens with two attached hydrogens (primary N) is 1. The van der Waals surface area contributed by atoms with E-state index >= 15 is 0 Å². The number of hydrogen-bond donors (Lipinski definition) is 2. The van der Waals surface area contributed by atoms with Gasteiger partial charge in [-0.25, -0.2) is 0 Å². The van der Waals surface area contributed by atoms with E-state index in [-0.39, 0.29) is 18.3 Å². The number of ether oxygens (including phenoxy) is 3. The Kier molecular flexibility index (Phi) is 7.61. The number of rotatable bonds is 6. The van der Waals surface area contributed by atoms with E-state index in [4.69, 9.17) is 19.9 Å². The minimum absolute atomic E-state index is 0. The molecule has 2 rings (SSSR count). The molecule has 7 heteroatoms. The zero-order chi connectivity index (χ0) is 16.0. The monoisotopic (exact) mass is 344 g/mol. The topological polar surface area (TPSA) is 82.8 Å². The SMILES string of the molecule is COc1ccc(CCNC(=O)C2(N)CCOCC2)c(OC)c1.Cl. The predicted octanol–water partition coefficient (Wildman–Crippen LogP) is 1.29. The van der Waals surface area contributed by atoms with E-state index in [1.165, 1.54) is 0 Å². The molecule has 0 atom stereocenters. The van der Waals surface area contributed by atoms with Gasteiger partial charge in [0.25, 0.3) is 0 Å². The Morgan fingerprint density at radius 2 is 2.00 bits per heavy atom. The first-order chi connectivity index (χ1) is 10.6. The van der Waals surface area contributed by atoms with E-state index in [1.54, 1.807) is 14.2 Å². The van der Waals surface area contributed by atoms with Crippen molar-refractivity contribution in [1.29, 1.82) is 0 Å². The molecule has 6 nitrogen and oxygen atoms in total. The fourth-order valence-electron chi connectivity index (χ4n) is 2.51. The number of methoxy groups -OCH3 is 2. The second-order valence-corrected chi connectivity index (χ2v) is 5.45. The summed E-state index contributed by atoms with van der Waals surface area (Å²) in [7, 11) is 3.23. The summed E-state index contributed by atoms with van der Waals surface area (Å²) in [6.07, 6.45) is 1.79. The third-order valence-electron chi connectivity index (χ3n) is 4.01. The predicted molar refractivity (Wildman–Crippen MR) is 90.5 cm³/mol. The van der Waals surface area contributed by atoms with Crippen LogP contribution in [0.1, 0.15) is 18.4 Å². The summed E-state index contributed by atoms with van der Waals surface area (Å²) in [4.78, 5) is 12.2. The molecule has 3 N–H and O–H groups in total. The highest BCUT2D eigenvalue weighted by Crippen LogP contribution is 2.24. The van der Waals surface area contributed by atoms with Crippen LogP contribution in [0.25, 0.3) is 0 Å². The highest BCUT2D eigenvalue weighted by atomic mass is 35.5. The van der Waals surface area contributed by atoms with Crippen LogP contribution in [0.5, 0.6) is 11.5 Å². The van der Waals surface area contributed by atoms with Gasteiger partial charge in [0, 0.05) is 25.8 Å². The minimum atomic E-state index is -0.803. The number of nitrogens with one attached hydrogen (secondary N) is 1. The van der Waals surface area contributed by atoms with Crippen LogP contribution in [0, 0.1) is 0 Å². The van der Waals surface area contributed by atoms with Crippen molar-refractivity contribution in [2.24, 2.45) is 5.73 Å². The van der Waals surface area contributed by atoms with Gasteiger partial charge in [-0.05, 0) is 30.9 Å². The lowest BCUT2D eigenvalue weighted by atomic mass is 9.90. The molecule has 130 valence electrons. The molecule has 0 aliphatic carbocycles. The van der Waals surface area contributed by atoms with Gasteiger partial charge in [0.05, 0.1) is 19.8 Å². The molecule has 1 amide bonds. The van der Waals surface area contributed by atoms with Crippen molar-refractivity contribution in [3.05, 3.63) is 23.8 Å². The van der Waals surface area contributed by atoms with Gasteiger partial charge in [-0.1, -0.05) is 6.07 Å². The maximum absolute atomic E-state index is 12.2. The highest BCUT2D eigenvalue weighted by molar-refractivity contribution is 5.86. The zero-order valence-electron chi connectivity index (χ0n) is 13.6. The average Bonchev–Trinajstić information content (AvgIpc) is 2.55. The van der Waals surface area contributed by atoms with Crippen LogP contribution < -0.4 is 20.5 Å². The quantitative estimate of drug-likeness (QED) is 0.812. The van der Waals surface area contributed by atoms with Gasteiger partial charge < -0.3 is 25.3 Å². The maximum atomic E-state index is 12.2. The maximum Gasteiger partial charge on any atom is 0.240 e. The Balaban J connectivity index is 0.00000264. The van der Waals surface area contributed by atoms with Crippen molar-refractivity contribution in [3.63, 3.8) is 0 Å². The molecule has 1 aliphatic heterocycles. The Hall–Kier alpha value is -1.50. The largest absolute Gasteiger partial charge is 0.497 e. The molecule has 23 heavy (non-hydrogen) atoms. The van der Waals surface area contributed by atoms with Gasteiger partial charge in [0.1, 0.15) is 11.5 Å². The summed E-state index contributed by atoms with van der Waals surface area (Å²) in [6, 6.07) is 5.65. The van der Waals surface area contributed by atoms with Crippen LogP contribution in [0.15, 0.2) is 18.2 Å². The minimum Gasteiger partial charge on any atom is -0.497 e. The molecule has 1 fully saturated rings. The standard InChI is InChI=1S/C16H24N2O4.ClH/c1-20-13-4-3-12(14(11-13)21-2)5-8-18-15(19)16(17)6-9-22-10-7-16;/h3-4,11H,5-10,17H2,1-2H3,(H,18,19);1H. The van der Waals surface area contributed by atoms with Gasteiger partial charge in [-0.15, -0.1) is 12.4 Å². The van der Waals surface area contributed by atoms with Crippen molar-refractivity contribution in [3.8, 4) is 11.5 Å². The van der Waals surface area contributed by atoms with Crippen LogP contribution in [0.4, 0.5) is 0 Å². The number of amides is 1. The zero-order valence-corrected chi connectivity index (χ0v) is 14.4. The Morgan fingerprint density at radius 1 is 1.30 bits per heavy atom. The second kappa shape index (κ2) is 8.96. The van der Waals surface area contributed by atoms with Gasteiger partial charge >= 0.3 is 0 Å². The summed E-state index contributed by atoms with van der Waals surface area (Å²) >= 11 is 0. The summed E-state index contributed by atoms with van der Waals surface area (Å²) in [5.41, 5.74) is 6.35. The molecule has 1 aliphatic rings. The summed E-state index contributed by atoms with van der Waals surface area (Å²) < 4.78 is 15.8. The van der Waals surface area contributed by atoms with E-state index in [0.29, 0.717) is 39.0 Å². The summed E-state index contributed by atoms with van der Waals surface area (Å²) in [5, 5.41) is 2.91. The first-order valence-corrected chi connectivity index (χ1v) is 7.45. The molecule has 0 unspecified atom stereocenters. The number of halogens is 1. The van der Waals surface area contributed by atoms with Crippen LogP contribution in [0.2, 0.25) is 0 Å².